The molecule has 1 saturated heterocycles. The molecule has 29 heavy (non-hydrogen) atoms. The normalized spacial score (nSPS) is 14.9. The quantitative estimate of drug-likeness (QED) is 0.747. The van der Waals surface area contributed by atoms with Crippen LogP contribution in [0.1, 0.15) is 43.1 Å². The van der Waals surface area contributed by atoms with E-state index in [0.717, 1.165) is 31.5 Å². The smallest absolute Gasteiger partial charge is 0.315 e. The Balaban J connectivity index is 1.63. The summed E-state index contributed by atoms with van der Waals surface area (Å²) in [6.45, 7) is 1.93. The first kappa shape index (κ1) is 20.7. The van der Waals surface area contributed by atoms with Gasteiger partial charge in [-0.15, -0.1) is 0 Å². The molecule has 8 heteroatoms. The zero-order chi connectivity index (χ0) is 20.6. The first-order valence-corrected chi connectivity index (χ1v) is 10.0. The highest BCUT2D eigenvalue weighted by Gasteiger charge is 2.24. The Morgan fingerprint density at radius 1 is 1.21 bits per heavy atom. The molecule has 3 amide bonds. The molecule has 0 saturated carbocycles. The van der Waals surface area contributed by atoms with Gasteiger partial charge in [-0.05, 0) is 25.3 Å². The number of imidazole rings is 1. The molecule has 2 N–H and O–H groups in total. The molecule has 1 aliphatic heterocycles. The fourth-order valence-electron chi connectivity index (χ4n) is 3.61. The van der Waals surface area contributed by atoms with Gasteiger partial charge in [0.25, 0.3) is 0 Å². The van der Waals surface area contributed by atoms with E-state index in [4.69, 9.17) is 4.74 Å². The van der Waals surface area contributed by atoms with Gasteiger partial charge in [-0.1, -0.05) is 18.2 Å². The maximum Gasteiger partial charge on any atom is 0.315 e. The van der Waals surface area contributed by atoms with Gasteiger partial charge < -0.3 is 24.8 Å². The lowest BCUT2D eigenvalue weighted by Crippen LogP contribution is -2.42. The molecule has 0 aliphatic carbocycles. The number of rotatable bonds is 7. The van der Waals surface area contributed by atoms with Gasteiger partial charge in [-0.2, -0.15) is 0 Å². The number of aromatic nitrogens is 2. The third kappa shape index (κ3) is 5.28. The number of ether oxygens (including phenoxy) is 1. The van der Waals surface area contributed by atoms with Crippen LogP contribution in [0.3, 0.4) is 0 Å². The highest BCUT2D eigenvalue weighted by atomic mass is 16.5. The van der Waals surface area contributed by atoms with Crippen LogP contribution in [0.2, 0.25) is 0 Å². The van der Waals surface area contributed by atoms with E-state index in [1.54, 1.807) is 13.3 Å². The number of hydrogen-bond donors (Lipinski definition) is 2. The molecule has 0 spiro atoms. The van der Waals surface area contributed by atoms with Crippen molar-refractivity contribution in [1.29, 1.82) is 0 Å². The summed E-state index contributed by atoms with van der Waals surface area (Å²) in [6.07, 6.45) is 7.12. The number of methoxy groups -OCH3 is 1. The number of piperidine rings is 1. The van der Waals surface area contributed by atoms with Crippen molar-refractivity contribution < 1.29 is 14.3 Å². The predicted molar refractivity (Wildman–Crippen MR) is 110 cm³/mol. The average Bonchev–Trinajstić information content (AvgIpc) is 3.18. The van der Waals surface area contributed by atoms with Gasteiger partial charge in [0.1, 0.15) is 17.6 Å². The lowest BCUT2D eigenvalue weighted by Gasteiger charge is -2.26. The van der Waals surface area contributed by atoms with Crippen LogP contribution in [0.15, 0.2) is 36.7 Å². The van der Waals surface area contributed by atoms with Crippen molar-refractivity contribution in [2.45, 2.75) is 31.7 Å². The van der Waals surface area contributed by atoms with Gasteiger partial charge in [-0.3, -0.25) is 4.79 Å². The molecule has 156 valence electrons. The lowest BCUT2D eigenvalue weighted by atomic mass is 10.0. The second kappa shape index (κ2) is 9.95. The Hall–Kier alpha value is -3.03. The number of urea groups is 1. The Labute approximate surface area is 171 Å². The van der Waals surface area contributed by atoms with E-state index in [1.165, 1.54) is 6.42 Å². The molecule has 0 bridgehead atoms. The zero-order valence-corrected chi connectivity index (χ0v) is 17.1. The Morgan fingerprint density at radius 2 is 1.97 bits per heavy atom. The number of para-hydroxylation sites is 1. The topological polar surface area (TPSA) is 88.5 Å². The van der Waals surface area contributed by atoms with E-state index in [-0.39, 0.29) is 11.9 Å². The second-order valence-electron chi connectivity index (χ2n) is 7.16. The van der Waals surface area contributed by atoms with E-state index < -0.39 is 6.04 Å². The summed E-state index contributed by atoms with van der Waals surface area (Å²) in [5.74, 6) is 1.45. The van der Waals surface area contributed by atoms with Crippen LogP contribution in [0.25, 0.3) is 0 Å². The molecular formula is C21H29N5O3. The summed E-state index contributed by atoms with van der Waals surface area (Å²) in [6, 6.07) is 6.69. The average molecular weight is 399 g/mol. The Bertz CT molecular complexity index is 829. The van der Waals surface area contributed by atoms with Crippen molar-refractivity contribution >= 4 is 11.9 Å². The van der Waals surface area contributed by atoms with Crippen molar-refractivity contribution in [3.8, 4) is 5.75 Å². The fourth-order valence-corrected chi connectivity index (χ4v) is 3.61. The van der Waals surface area contributed by atoms with Crippen LogP contribution in [0, 0.1) is 0 Å². The molecule has 1 aromatic carbocycles. The first-order chi connectivity index (χ1) is 14.1. The van der Waals surface area contributed by atoms with Gasteiger partial charge in [0.2, 0.25) is 5.91 Å². The van der Waals surface area contributed by atoms with E-state index in [9.17, 15) is 9.59 Å². The maximum atomic E-state index is 12.6. The van der Waals surface area contributed by atoms with Crippen molar-refractivity contribution in [3.05, 3.63) is 48.0 Å². The molecule has 2 heterocycles. The van der Waals surface area contributed by atoms with E-state index in [1.807, 2.05) is 47.0 Å². The molecule has 1 aromatic heterocycles. The standard InChI is InChI=1S/C21H29N5O3/c1-25-15-12-22-20(25)19(16-8-4-5-9-17(16)29-2)24-21(28)23-11-10-18(27)26-13-6-3-7-14-26/h4-5,8-9,12,15,19H,3,6-7,10-11,13-14H2,1-2H3,(H2,23,24,28). The van der Waals surface area contributed by atoms with E-state index in [2.05, 4.69) is 15.6 Å². The van der Waals surface area contributed by atoms with Gasteiger partial charge in [0.05, 0.1) is 7.11 Å². The number of hydrogen-bond acceptors (Lipinski definition) is 4. The second-order valence-corrected chi connectivity index (χ2v) is 7.16. The molecule has 3 rings (SSSR count). The summed E-state index contributed by atoms with van der Waals surface area (Å²) < 4.78 is 7.33. The molecule has 1 fully saturated rings. The monoisotopic (exact) mass is 399 g/mol. The van der Waals surface area contributed by atoms with Crippen molar-refractivity contribution in [3.63, 3.8) is 0 Å². The van der Waals surface area contributed by atoms with Crippen LogP contribution in [0.5, 0.6) is 5.75 Å². The first-order valence-electron chi connectivity index (χ1n) is 10.0. The van der Waals surface area contributed by atoms with Crippen LogP contribution in [0.4, 0.5) is 4.79 Å². The van der Waals surface area contributed by atoms with Gasteiger partial charge in [0, 0.05) is 51.1 Å². The highest BCUT2D eigenvalue weighted by Crippen LogP contribution is 2.28. The zero-order valence-electron chi connectivity index (χ0n) is 17.1. The minimum absolute atomic E-state index is 0.0929. The number of carbonyl (C=O) groups is 2. The maximum absolute atomic E-state index is 12.6. The molecule has 1 unspecified atom stereocenters. The van der Waals surface area contributed by atoms with Gasteiger partial charge in [-0.25, -0.2) is 9.78 Å². The van der Waals surface area contributed by atoms with Gasteiger partial charge >= 0.3 is 6.03 Å². The van der Waals surface area contributed by atoms with Crippen LogP contribution in [-0.2, 0) is 11.8 Å². The number of nitrogens with zero attached hydrogens (tertiary/aromatic N) is 3. The molecule has 0 radical (unpaired) electrons. The number of carbonyl (C=O) groups excluding carboxylic acids is 2. The number of likely N-dealkylation sites (tertiary alicyclic amines) is 1. The lowest BCUT2D eigenvalue weighted by molar-refractivity contribution is -0.131. The van der Waals surface area contributed by atoms with Crippen LogP contribution < -0.4 is 15.4 Å². The summed E-state index contributed by atoms with van der Waals surface area (Å²) in [7, 11) is 3.47. The summed E-state index contributed by atoms with van der Waals surface area (Å²) in [5, 5.41) is 5.76. The highest BCUT2D eigenvalue weighted by molar-refractivity contribution is 5.78. The third-order valence-electron chi connectivity index (χ3n) is 5.18. The number of nitrogens with one attached hydrogen (secondary N) is 2. The van der Waals surface area contributed by atoms with Crippen LogP contribution in [-0.4, -0.2) is 53.1 Å². The molecule has 1 aliphatic rings. The molecular weight excluding hydrogens is 370 g/mol. The summed E-state index contributed by atoms with van der Waals surface area (Å²) >= 11 is 0. The van der Waals surface area contributed by atoms with E-state index >= 15 is 0 Å². The van der Waals surface area contributed by atoms with Crippen LogP contribution >= 0.6 is 0 Å². The molecule has 1 atom stereocenters. The Morgan fingerprint density at radius 3 is 2.66 bits per heavy atom. The predicted octanol–water partition coefficient (Wildman–Crippen LogP) is 2.22. The summed E-state index contributed by atoms with van der Waals surface area (Å²) in [4.78, 5) is 31.1. The number of amides is 3. The van der Waals surface area contributed by atoms with Crippen molar-refractivity contribution in [2.24, 2.45) is 7.05 Å². The van der Waals surface area contributed by atoms with Crippen molar-refractivity contribution in [1.82, 2.24) is 25.1 Å². The number of benzene rings is 1. The molecule has 8 nitrogen and oxygen atoms in total. The summed E-state index contributed by atoms with van der Waals surface area (Å²) in [5.41, 5.74) is 0.809. The SMILES string of the molecule is COc1ccccc1C(NC(=O)NCCC(=O)N1CCCCC1)c1nccn1C. The fraction of sp³-hybridized carbons (Fsp3) is 0.476. The van der Waals surface area contributed by atoms with Gasteiger partial charge in [0.15, 0.2) is 0 Å². The third-order valence-corrected chi connectivity index (χ3v) is 5.18. The van der Waals surface area contributed by atoms with E-state index in [0.29, 0.717) is 24.5 Å². The minimum atomic E-state index is -0.482. The molecule has 2 aromatic rings. The van der Waals surface area contributed by atoms with Crippen molar-refractivity contribution in [2.75, 3.05) is 26.7 Å². The minimum Gasteiger partial charge on any atom is -0.496 e. The number of aryl methyl sites for hydroxylation is 1. The largest absolute Gasteiger partial charge is 0.496 e. The Kier molecular flexibility index (Phi) is 7.10.